The molecule has 0 aliphatic carbocycles. The normalized spacial score (nSPS) is 10.6. The minimum atomic E-state index is 0.701. The van der Waals surface area contributed by atoms with Crippen molar-refractivity contribution in [3.63, 3.8) is 0 Å². The number of rotatable bonds is 7. The Labute approximate surface area is 112 Å². The molecule has 0 bridgehead atoms. The smallest absolute Gasteiger partial charge is 0.165 e. The molecule has 0 unspecified atom stereocenters. The lowest BCUT2D eigenvalue weighted by molar-refractivity contribution is 0.414. The Balaban J connectivity index is 1.92. The van der Waals surface area contributed by atoms with Crippen LogP contribution in [0.5, 0.6) is 5.75 Å². The van der Waals surface area contributed by atoms with Gasteiger partial charge < -0.3 is 10.1 Å². The number of methoxy groups -OCH3 is 1. The van der Waals surface area contributed by atoms with Crippen molar-refractivity contribution in [2.75, 3.05) is 13.7 Å². The van der Waals surface area contributed by atoms with E-state index in [0.717, 1.165) is 31.1 Å². The summed E-state index contributed by atoms with van der Waals surface area (Å²) < 4.78 is 6.98. The second kappa shape index (κ2) is 6.84. The first kappa shape index (κ1) is 13.5. The Morgan fingerprint density at radius 2 is 2.05 bits per heavy atom. The van der Waals surface area contributed by atoms with E-state index in [9.17, 15) is 0 Å². The first-order chi connectivity index (χ1) is 9.33. The first-order valence-electron chi connectivity index (χ1n) is 6.42. The predicted molar refractivity (Wildman–Crippen MR) is 71.9 cm³/mol. The van der Waals surface area contributed by atoms with Gasteiger partial charge in [0.25, 0.3) is 0 Å². The molecule has 0 saturated heterocycles. The van der Waals surface area contributed by atoms with Crippen LogP contribution >= 0.6 is 0 Å². The van der Waals surface area contributed by atoms with Gasteiger partial charge in [-0.1, -0.05) is 19.1 Å². The topological polar surface area (TPSA) is 64.9 Å². The Morgan fingerprint density at radius 3 is 2.74 bits per heavy atom. The standard InChI is InChI=1S/C13H19N5O/c1-3-14-10-13-15-16-17-18(13)9-8-11-4-6-12(19-2)7-5-11/h4-7,14H,3,8-10H2,1-2H3. The van der Waals surface area contributed by atoms with Crippen LogP contribution in [0.4, 0.5) is 0 Å². The Hall–Kier alpha value is -1.95. The van der Waals surface area contributed by atoms with Crippen LogP contribution in [-0.2, 0) is 19.5 Å². The maximum Gasteiger partial charge on any atom is 0.165 e. The van der Waals surface area contributed by atoms with E-state index in [2.05, 4.69) is 39.9 Å². The van der Waals surface area contributed by atoms with E-state index in [1.807, 2.05) is 16.8 Å². The van der Waals surface area contributed by atoms with E-state index < -0.39 is 0 Å². The number of nitrogens with one attached hydrogen (secondary N) is 1. The van der Waals surface area contributed by atoms with Crippen molar-refractivity contribution >= 4 is 0 Å². The van der Waals surface area contributed by atoms with Crippen LogP contribution in [0, 0.1) is 0 Å². The van der Waals surface area contributed by atoms with E-state index in [-0.39, 0.29) is 0 Å². The third-order valence-corrected chi connectivity index (χ3v) is 2.91. The molecule has 102 valence electrons. The molecule has 0 aliphatic heterocycles. The van der Waals surface area contributed by atoms with Crippen LogP contribution < -0.4 is 10.1 Å². The number of tetrazole rings is 1. The van der Waals surface area contributed by atoms with Crippen molar-refractivity contribution in [1.29, 1.82) is 0 Å². The van der Waals surface area contributed by atoms with Gasteiger partial charge in [0.1, 0.15) is 5.75 Å². The number of ether oxygens (including phenoxy) is 1. The Kier molecular flexibility index (Phi) is 4.85. The highest BCUT2D eigenvalue weighted by Crippen LogP contribution is 2.12. The summed E-state index contributed by atoms with van der Waals surface area (Å²) in [6.45, 7) is 4.45. The van der Waals surface area contributed by atoms with E-state index in [4.69, 9.17) is 4.74 Å². The Bertz CT molecular complexity index is 494. The summed E-state index contributed by atoms with van der Waals surface area (Å²) in [7, 11) is 1.67. The number of aryl methyl sites for hydroxylation is 2. The van der Waals surface area contributed by atoms with E-state index in [0.29, 0.717) is 6.54 Å². The van der Waals surface area contributed by atoms with Crippen LogP contribution in [0.3, 0.4) is 0 Å². The van der Waals surface area contributed by atoms with Crippen LogP contribution in [0.15, 0.2) is 24.3 Å². The molecule has 19 heavy (non-hydrogen) atoms. The average molecular weight is 261 g/mol. The molecule has 1 N–H and O–H groups in total. The minimum absolute atomic E-state index is 0.701. The lowest BCUT2D eigenvalue weighted by Gasteiger charge is -2.06. The van der Waals surface area contributed by atoms with Crippen molar-refractivity contribution in [2.24, 2.45) is 0 Å². The van der Waals surface area contributed by atoms with E-state index in [1.54, 1.807) is 7.11 Å². The fourth-order valence-corrected chi connectivity index (χ4v) is 1.79. The Morgan fingerprint density at radius 1 is 1.26 bits per heavy atom. The summed E-state index contributed by atoms with van der Waals surface area (Å²) in [5, 5.41) is 15.0. The summed E-state index contributed by atoms with van der Waals surface area (Å²) in [5.74, 6) is 1.74. The van der Waals surface area contributed by atoms with E-state index in [1.165, 1.54) is 5.56 Å². The quantitative estimate of drug-likeness (QED) is 0.806. The van der Waals surface area contributed by atoms with Crippen molar-refractivity contribution in [2.45, 2.75) is 26.4 Å². The van der Waals surface area contributed by atoms with Gasteiger partial charge in [-0.3, -0.25) is 0 Å². The molecule has 1 aromatic heterocycles. The number of hydrogen-bond donors (Lipinski definition) is 1. The predicted octanol–water partition coefficient (Wildman–Crippen LogP) is 1.03. The van der Waals surface area contributed by atoms with Crippen LogP contribution in [0.1, 0.15) is 18.3 Å². The first-order valence-corrected chi connectivity index (χ1v) is 6.42. The molecular weight excluding hydrogens is 242 g/mol. The second-order valence-electron chi connectivity index (χ2n) is 4.20. The molecular formula is C13H19N5O. The zero-order valence-corrected chi connectivity index (χ0v) is 11.3. The number of benzene rings is 1. The SMILES string of the molecule is CCNCc1nnnn1CCc1ccc(OC)cc1. The highest BCUT2D eigenvalue weighted by Gasteiger charge is 2.05. The molecule has 0 fully saturated rings. The van der Waals surface area contributed by atoms with Gasteiger partial charge in [-0.05, 0) is 41.1 Å². The van der Waals surface area contributed by atoms with Crippen LogP contribution in [0.2, 0.25) is 0 Å². The largest absolute Gasteiger partial charge is 0.497 e. The molecule has 2 rings (SSSR count). The lowest BCUT2D eigenvalue weighted by atomic mass is 10.1. The number of aromatic nitrogens is 4. The molecule has 2 aromatic rings. The molecule has 1 aromatic carbocycles. The molecule has 0 spiro atoms. The zero-order valence-electron chi connectivity index (χ0n) is 11.3. The van der Waals surface area contributed by atoms with Gasteiger partial charge in [0.15, 0.2) is 5.82 Å². The van der Waals surface area contributed by atoms with Gasteiger partial charge >= 0.3 is 0 Å². The summed E-state index contributed by atoms with van der Waals surface area (Å²) in [6.07, 6.45) is 0.897. The van der Waals surface area contributed by atoms with Crippen molar-refractivity contribution < 1.29 is 4.74 Å². The highest BCUT2D eigenvalue weighted by atomic mass is 16.5. The molecule has 6 heteroatoms. The van der Waals surface area contributed by atoms with Crippen molar-refractivity contribution in [3.8, 4) is 5.75 Å². The lowest BCUT2D eigenvalue weighted by Crippen LogP contribution is -2.17. The maximum absolute atomic E-state index is 5.14. The summed E-state index contributed by atoms with van der Waals surface area (Å²) >= 11 is 0. The van der Waals surface area contributed by atoms with Crippen LogP contribution in [-0.4, -0.2) is 33.9 Å². The molecule has 6 nitrogen and oxygen atoms in total. The zero-order chi connectivity index (χ0) is 13.5. The highest BCUT2D eigenvalue weighted by molar-refractivity contribution is 5.27. The molecule has 0 atom stereocenters. The summed E-state index contributed by atoms with van der Waals surface area (Å²) in [4.78, 5) is 0. The third-order valence-electron chi connectivity index (χ3n) is 2.91. The van der Waals surface area contributed by atoms with Gasteiger partial charge in [0.2, 0.25) is 0 Å². The minimum Gasteiger partial charge on any atom is -0.497 e. The fraction of sp³-hybridized carbons (Fsp3) is 0.462. The third kappa shape index (κ3) is 3.75. The fourth-order valence-electron chi connectivity index (χ4n) is 1.79. The maximum atomic E-state index is 5.14. The molecule has 0 aliphatic rings. The molecule has 0 radical (unpaired) electrons. The second-order valence-corrected chi connectivity index (χ2v) is 4.20. The molecule has 1 heterocycles. The summed E-state index contributed by atoms with van der Waals surface area (Å²) in [5.41, 5.74) is 1.24. The van der Waals surface area contributed by atoms with Gasteiger partial charge in [0.05, 0.1) is 13.7 Å². The summed E-state index contributed by atoms with van der Waals surface area (Å²) in [6, 6.07) is 8.06. The van der Waals surface area contributed by atoms with E-state index >= 15 is 0 Å². The van der Waals surface area contributed by atoms with Gasteiger partial charge in [0, 0.05) is 6.54 Å². The van der Waals surface area contributed by atoms with Gasteiger partial charge in [-0.25, -0.2) is 4.68 Å². The number of hydrogen-bond acceptors (Lipinski definition) is 5. The van der Waals surface area contributed by atoms with Crippen LogP contribution in [0.25, 0.3) is 0 Å². The van der Waals surface area contributed by atoms with Gasteiger partial charge in [-0.15, -0.1) is 5.10 Å². The number of nitrogens with zero attached hydrogens (tertiary/aromatic N) is 4. The molecule has 0 saturated carbocycles. The van der Waals surface area contributed by atoms with Crippen molar-refractivity contribution in [3.05, 3.63) is 35.7 Å². The monoisotopic (exact) mass is 261 g/mol. The van der Waals surface area contributed by atoms with Gasteiger partial charge in [-0.2, -0.15) is 0 Å². The molecule has 0 amide bonds. The average Bonchev–Trinajstić information content (AvgIpc) is 2.91. The van der Waals surface area contributed by atoms with Crippen molar-refractivity contribution in [1.82, 2.24) is 25.5 Å².